The summed E-state index contributed by atoms with van der Waals surface area (Å²) in [6, 6.07) is 10.0. The molecule has 1 fully saturated rings. The fraction of sp³-hybridized carbons (Fsp3) is 0.385. The Morgan fingerprint density at radius 2 is 1.82 bits per heavy atom. The third-order valence-corrected chi connectivity index (χ3v) is 5.53. The van der Waals surface area contributed by atoms with Crippen LogP contribution in [0.2, 0.25) is 0 Å². The van der Waals surface area contributed by atoms with Crippen LogP contribution in [-0.4, -0.2) is 60.4 Å². The molecule has 33 heavy (non-hydrogen) atoms. The van der Waals surface area contributed by atoms with Gasteiger partial charge in [0.05, 0.1) is 18.2 Å². The van der Waals surface area contributed by atoms with Gasteiger partial charge in [0.15, 0.2) is 0 Å². The number of hydrogen-bond acceptors (Lipinski definition) is 5. The van der Waals surface area contributed by atoms with Crippen LogP contribution in [0, 0.1) is 18.7 Å². The number of nitrogens with zero attached hydrogens (tertiary/aromatic N) is 2. The number of carbonyl (C=O) groups excluding carboxylic acids is 2. The number of carbonyl (C=O) groups is 2. The smallest absolute Gasteiger partial charge is 0.295 e. The minimum absolute atomic E-state index is 0.000568. The molecule has 0 spiro atoms. The molecule has 0 aromatic heterocycles. The summed E-state index contributed by atoms with van der Waals surface area (Å²) in [4.78, 5) is 29.3. The van der Waals surface area contributed by atoms with Crippen LogP contribution in [0.1, 0.15) is 36.6 Å². The highest BCUT2D eigenvalue weighted by atomic mass is 19.1. The van der Waals surface area contributed by atoms with Gasteiger partial charge in [-0.2, -0.15) is 0 Å². The van der Waals surface area contributed by atoms with Gasteiger partial charge in [0.25, 0.3) is 11.7 Å². The first-order valence-electron chi connectivity index (χ1n) is 11.0. The average Bonchev–Trinajstić information content (AvgIpc) is 3.01. The lowest BCUT2D eigenvalue weighted by Crippen LogP contribution is -2.35. The summed E-state index contributed by atoms with van der Waals surface area (Å²) in [5, 5.41) is 11.2. The molecule has 0 saturated carbocycles. The lowest BCUT2D eigenvalue weighted by molar-refractivity contribution is -0.140. The second-order valence-electron chi connectivity index (χ2n) is 9.03. The molecule has 1 N–H and O–H groups in total. The highest BCUT2D eigenvalue weighted by Gasteiger charge is 2.45. The van der Waals surface area contributed by atoms with E-state index in [2.05, 4.69) is 13.8 Å². The van der Waals surface area contributed by atoms with E-state index in [1.54, 1.807) is 18.2 Å². The quantitative estimate of drug-likeness (QED) is 0.369. The van der Waals surface area contributed by atoms with E-state index in [1.807, 2.05) is 25.9 Å². The van der Waals surface area contributed by atoms with Crippen molar-refractivity contribution in [3.05, 3.63) is 70.5 Å². The maximum absolute atomic E-state index is 13.6. The van der Waals surface area contributed by atoms with E-state index in [-0.39, 0.29) is 17.9 Å². The van der Waals surface area contributed by atoms with Gasteiger partial charge in [-0.15, -0.1) is 0 Å². The molecule has 3 rings (SSSR count). The topological polar surface area (TPSA) is 70.1 Å². The number of ether oxygens (including phenoxy) is 1. The number of Topliss-reactive ketones (excluding diaryl/α,β-unsaturated/α-hetero) is 1. The van der Waals surface area contributed by atoms with E-state index in [1.165, 1.54) is 29.2 Å². The first-order valence-corrected chi connectivity index (χ1v) is 11.0. The molecule has 6 nitrogen and oxygen atoms in total. The van der Waals surface area contributed by atoms with E-state index in [9.17, 15) is 19.1 Å². The SMILES string of the molecule is Cc1cc(C(O)=C2C(=O)C(=O)N(CCN(C)C)[C@H]2c2ccc(F)cc2)ccc1OCC(C)C. The molecule has 1 amide bonds. The van der Waals surface area contributed by atoms with Crippen molar-refractivity contribution in [3.63, 3.8) is 0 Å². The van der Waals surface area contributed by atoms with Gasteiger partial charge in [-0.05, 0) is 68.4 Å². The minimum Gasteiger partial charge on any atom is -0.507 e. The fourth-order valence-corrected chi connectivity index (χ4v) is 3.78. The normalized spacial score (nSPS) is 17.9. The van der Waals surface area contributed by atoms with Crippen LogP contribution in [0.5, 0.6) is 5.75 Å². The van der Waals surface area contributed by atoms with E-state index < -0.39 is 23.5 Å². The van der Waals surface area contributed by atoms with Crippen LogP contribution in [0.4, 0.5) is 4.39 Å². The maximum atomic E-state index is 13.6. The zero-order chi connectivity index (χ0) is 24.3. The van der Waals surface area contributed by atoms with Gasteiger partial charge in [0.2, 0.25) is 0 Å². The molecule has 7 heteroatoms. The molecule has 2 aromatic rings. The zero-order valence-electron chi connectivity index (χ0n) is 19.8. The van der Waals surface area contributed by atoms with Crippen LogP contribution in [-0.2, 0) is 9.59 Å². The molecule has 1 saturated heterocycles. The van der Waals surface area contributed by atoms with Gasteiger partial charge < -0.3 is 19.6 Å². The van der Waals surface area contributed by atoms with Crippen LogP contribution >= 0.6 is 0 Å². The number of ketones is 1. The van der Waals surface area contributed by atoms with Gasteiger partial charge in [-0.1, -0.05) is 26.0 Å². The number of aryl methyl sites for hydroxylation is 1. The number of amides is 1. The average molecular weight is 455 g/mol. The predicted octanol–water partition coefficient (Wildman–Crippen LogP) is 4.15. The van der Waals surface area contributed by atoms with Crippen molar-refractivity contribution in [2.75, 3.05) is 33.8 Å². The Morgan fingerprint density at radius 3 is 2.39 bits per heavy atom. The molecular formula is C26H31FN2O4. The number of aliphatic hydroxyl groups is 1. The van der Waals surface area contributed by atoms with Crippen molar-refractivity contribution in [2.24, 2.45) is 5.92 Å². The standard InChI is InChI=1S/C26H31FN2O4/c1-16(2)15-33-21-11-8-19(14-17(21)3)24(30)22-23(18-6-9-20(27)10-7-18)29(13-12-28(4)5)26(32)25(22)31/h6-11,14,16,23,30H,12-13,15H2,1-5H3/t23-/m0/s1. The van der Waals surface area contributed by atoms with Crippen molar-refractivity contribution >= 4 is 17.4 Å². The van der Waals surface area contributed by atoms with Gasteiger partial charge in [0.1, 0.15) is 17.3 Å². The number of benzene rings is 2. The second-order valence-corrected chi connectivity index (χ2v) is 9.03. The third-order valence-electron chi connectivity index (χ3n) is 5.53. The van der Waals surface area contributed by atoms with Gasteiger partial charge >= 0.3 is 0 Å². The van der Waals surface area contributed by atoms with Gasteiger partial charge in [-0.25, -0.2) is 4.39 Å². The molecule has 0 radical (unpaired) electrons. The molecule has 1 atom stereocenters. The number of rotatable bonds is 8. The number of halogens is 1. The molecule has 0 aliphatic carbocycles. The van der Waals surface area contributed by atoms with Crippen molar-refractivity contribution < 1.29 is 23.8 Å². The number of likely N-dealkylation sites (N-methyl/N-ethyl adjacent to an activating group) is 1. The van der Waals surface area contributed by atoms with E-state index in [0.717, 1.165) is 5.56 Å². The third kappa shape index (κ3) is 5.42. The van der Waals surface area contributed by atoms with E-state index >= 15 is 0 Å². The molecule has 1 aliphatic rings. The molecule has 2 aromatic carbocycles. The van der Waals surface area contributed by atoms with Crippen LogP contribution in [0.25, 0.3) is 5.76 Å². The van der Waals surface area contributed by atoms with E-state index in [0.29, 0.717) is 35.9 Å². The number of hydrogen-bond donors (Lipinski definition) is 1. The lowest BCUT2D eigenvalue weighted by atomic mass is 9.94. The van der Waals surface area contributed by atoms with Crippen LogP contribution < -0.4 is 4.74 Å². The molecule has 1 aliphatic heterocycles. The summed E-state index contributed by atoms with van der Waals surface area (Å²) < 4.78 is 19.4. The number of aliphatic hydroxyl groups excluding tert-OH is 1. The summed E-state index contributed by atoms with van der Waals surface area (Å²) in [5.74, 6) is -1.04. The molecule has 0 bridgehead atoms. The molecule has 176 valence electrons. The Hall–Kier alpha value is -3.19. The van der Waals surface area contributed by atoms with Crippen molar-refractivity contribution in [1.29, 1.82) is 0 Å². The van der Waals surface area contributed by atoms with Gasteiger partial charge in [0, 0.05) is 18.7 Å². The van der Waals surface area contributed by atoms with Crippen molar-refractivity contribution in [3.8, 4) is 5.75 Å². The van der Waals surface area contributed by atoms with Crippen molar-refractivity contribution in [2.45, 2.75) is 26.8 Å². The molecular weight excluding hydrogens is 423 g/mol. The molecule has 1 heterocycles. The summed E-state index contributed by atoms with van der Waals surface area (Å²) in [5.41, 5.74) is 1.78. The minimum atomic E-state index is -0.803. The Bertz CT molecular complexity index is 1060. The first-order chi connectivity index (χ1) is 15.6. The molecule has 0 unspecified atom stereocenters. The maximum Gasteiger partial charge on any atom is 0.295 e. The summed E-state index contributed by atoms with van der Waals surface area (Å²) in [6.45, 7) is 7.36. The van der Waals surface area contributed by atoms with E-state index in [4.69, 9.17) is 4.74 Å². The van der Waals surface area contributed by atoms with Crippen LogP contribution in [0.15, 0.2) is 48.0 Å². The highest BCUT2D eigenvalue weighted by Crippen LogP contribution is 2.39. The Kier molecular flexibility index (Phi) is 7.53. The van der Waals surface area contributed by atoms with Gasteiger partial charge in [-0.3, -0.25) is 9.59 Å². The summed E-state index contributed by atoms with van der Waals surface area (Å²) >= 11 is 0. The first kappa shape index (κ1) is 24.5. The number of likely N-dealkylation sites (tertiary alicyclic amines) is 1. The lowest BCUT2D eigenvalue weighted by Gasteiger charge is -2.26. The predicted molar refractivity (Wildman–Crippen MR) is 125 cm³/mol. The van der Waals surface area contributed by atoms with Crippen molar-refractivity contribution in [1.82, 2.24) is 9.80 Å². The summed E-state index contributed by atoms with van der Waals surface area (Å²) in [6.07, 6.45) is 0. The second kappa shape index (κ2) is 10.2. The Balaban J connectivity index is 2.06. The Labute approximate surface area is 194 Å². The van der Waals surface area contributed by atoms with Crippen LogP contribution in [0.3, 0.4) is 0 Å². The summed E-state index contributed by atoms with van der Waals surface area (Å²) in [7, 11) is 3.74. The fourth-order valence-electron chi connectivity index (χ4n) is 3.78. The highest BCUT2D eigenvalue weighted by molar-refractivity contribution is 6.46. The Morgan fingerprint density at radius 1 is 1.15 bits per heavy atom. The largest absolute Gasteiger partial charge is 0.507 e. The monoisotopic (exact) mass is 454 g/mol. The zero-order valence-corrected chi connectivity index (χ0v) is 19.8.